The number of aromatic hydroxyl groups is 1. The van der Waals surface area contributed by atoms with Crippen molar-refractivity contribution in [3.8, 4) is 5.75 Å². The molecule has 16 nitrogen and oxygen atoms in total. The van der Waals surface area contributed by atoms with Crippen LogP contribution in [-0.4, -0.2) is 112 Å². The summed E-state index contributed by atoms with van der Waals surface area (Å²) in [5, 5.41) is 41.9. The fourth-order valence-corrected chi connectivity index (χ4v) is 9.85. The lowest BCUT2D eigenvalue weighted by Crippen LogP contribution is -2.64. The number of fused-ring (bicyclic) bond motifs is 3. The van der Waals surface area contributed by atoms with Crippen LogP contribution < -0.4 is 10.6 Å². The highest BCUT2D eigenvalue weighted by molar-refractivity contribution is 5.88. The molecule has 4 rings (SSSR count). The summed E-state index contributed by atoms with van der Waals surface area (Å²) in [6, 6.07) is 3.06. The van der Waals surface area contributed by atoms with Gasteiger partial charge in [-0.2, -0.15) is 0 Å². The number of ether oxygens (including phenoxy) is 5. The fraction of sp³-hybridized carbons (Fsp3) is 0.686. The number of unbranched alkanes of at least 4 members (excludes halogenated alkanes) is 6. The molecule has 16 heteroatoms. The number of amides is 1. The number of carbonyl (C=O) groups is 6. The first kappa shape index (κ1) is 54.8. The number of benzene rings is 1. The molecule has 3 aliphatic rings. The summed E-state index contributed by atoms with van der Waals surface area (Å²) < 4.78 is 30.2. The van der Waals surface area contributed by atoms with Crippen LogP contribution in [0.2, 0.25) is 0 Å². The van der Waals surface area contributed by atoms with Crippen LogP contribution in [0.15, 0.2) is 34.9 Å². The Hall–Kier alpha value is -4.80. The van der Waals surface area contributed by atoms with E-state index in [1.54, 1.807) is 53.0 Å². The van der Waals surface area contributed by atoms with Crippen molar-refractivity contribution in [1.82, 2.24) is 10.6 Å². The molecule has 374 valence electrons. The van der Waals surface area contributed by atoms with Crippen LogP contribution in [-0.2, 0) is 65.3 Å². The van der Waals surface area contributed by atoms with E-state index in [0.717, 1.165) is 58.8 Å². The van der Waals surface area contributed by atoms with Gasteiger partial charge in [0.05, 0.1) is 18.4 Å². The van der Waals surface area contributed by atoms with Crippen molar-refractivity contribution in [2.75, 3.05) is 13.6 Å². The Labute approximate surface area is 395 Å². The molecule has 1 aromatic rings. The molecule has 67 heavy (non-hydrogen) atoms. The number of carbonyl (C=O) groups excluding carboxylic acids is 6. The molecular weight excluding hydrogens is 865 g/mol. The van der Waals surface area contributed by atoms with E-state index in [1.165, 1.54) is 6.92 Å². The molecule has 9 atom stereocenters. The summed E-state index contributed by atoms with van der Waals surface area (Å²) >= 11 is 0. The number of hydrogen-bond donors (Lipinski definition) is 5. The largest absolute Gasteiger partial charge is 0.507 e. The predicted molar refractivity (Wildman–Crippen MR) is 248 cm³/mol. The second kappa shape index (κ2) is 23.5. The molecule has 0 bridgehead atoms. The van der Waals surface area contributed by atoms with Crippen molar-refractivity contribution in [1.29, 1.82) is 0 Å². The molecule has 1 heterocycles. The normalized spacial score (nSPS) is 27.4. The monoisotopic (exact) mass is 941 g/mol. The van der Waals surface area contributed by atoms with E-state index < -0.39 is 83.4 Å². The van der Waals surface area contributed by atoms with Gasteiger partial charge in [0.1, 0.15) is 17.5 Å². The zero-order chi connectivity index (χ0) is 50.0. The topological polar surface area (TPSA) is 233 Å². The van der Waals surface area contributed by atoms with Crippen molar-refractivity contribution >= 4 is 35.8 Å². The number of aryl methyl sites for hydroxylation is 2. The van der Waals surface area contributed by atoms with Gasteiger partial charge in [-0.1, -0.05) is 71.1 Å². The number of phenolic OH excluding ortho intramolecular Hbond substituents is 1. The van der Waals surface area contributed by atoms with Gasteiger partial charge in [-0.05, 0) is 114 Å². The molecule has 1 saturated heterocycles. The lowest BCUT2D eigenvalue weighted by atomic mass is 9.75. The maximum Gasteiger partial charge on any atom is 0.341 e. The average molecular weight is 941 g/mol. The zero-order valence-electron chi connectivity index (χ0n) is 41.5. The van der Waals surface area contributed by atoms with Crippen LogP contribution in [0.5, 0.6) is 5.75 Å². The van der Waals surface area contributed by atoms with Gasteiger partial charge in [-0.15, -0.1) is 0 Å². The lowest BCUT2D eigenvalue weighted by molar-refractivity contribution is -0.211. The smallest absolute Gasteiger partial charge is 0.341 e. The number of hydrogen-bond acceptors (Lipinski definition) is 15. The number of rotatable bonds is 23. The molecule has 2 fully saturated rings. The molecule has 0 unspecified atom stereocenters. The highest BCUT2D eigenvalue weighted by atomic mass is 16.6. The summed E-state index contributed by atoms with van der Waals surface area (Å²) in [4.78, 5) is 80.4. The van der Waals surface area contributed by atoms with Gasteiger partial charge in [0, 0.05) is 31.9 Å². The number of esters is 5. The van der Waals surface area contributed by atoms with E-state index in [0.29, 0.717) is 48.4 Å². The summed E-state index contributed by atoms with van der Waals surface area (Å²) in [7, 11) is 1.77. The second-order valence-electron chi connectivity index (χ2n) is 19.5. The number of aliphatic hydroxyl groups is 2. The first-order chi connectivity index (χ1) is 31.5. The van der Waals surface area contributed by atoms with Gasteiger partial charge in [-0.3, -0.25) is 19.2 Å². The Morgan fingerprint density at radius 1 is 0.940 bits per heavy atom. The SMILES string of the molecule is C/C=C(/C)C(=O)O[C@H]1C(C)=C2[C@@H]3OC(=O)[C@@](C)(O)[C@@]3(O)[C@@H](OC(=O)Cc3cc(C)c(O)c(CCCCCNC(=O)[C@@H](CC(C)C)NC)c3)C[C@](C)(OC(C)=O)[C@@H]2[C@@H]1OC(=O)CCCCCCC. The van der Waals surface area contributed by atoms with E-state index in [2.05, 4.69) is 31.4 Å². The van der Waals surface area contributed by atoms with Crippen molar-refractivity contribution in [2.24, 2.45) is 11.8 Å². The summed E-state index contributed by atoms with van der Waals surface area (Å²) in [5.41, 5.74) is -5.05. The summed E-state index contributed by atoms with van der Waals surface area (Å²) in [5.74, 6) is -5.06. The first-order valence-corrected chi connectivity index (χ1v) is 24.0. The fourth-order valence-electron chi connectivity index (χ4n) is 9.85. The van der Waals surface area contributed by atoms with E-state index >= 15 is 0 Å². The van der Waals surface area contributed by atoms with Crippen LogP contribution in [0.25, 0.3) is 0 Å². The molecule has 0 aromatic heterocycles. The maximum atomic E-state index is 14.1. The Bertz CT molecular complexity index is 2040. The molecular formula is C51H76N2O14. The Balaban J connectivity index is 1.65. The number of phenols is 1. The maximum absolute atomic E-state index is 14.1. The van der Waals surface area contributed by atoms with Crippen molar-refractivity contribution < 1.29 is 67.8 Å². The van der Waals surface area contributed by atoms with Gasteiger partial charge in [-0.25, -0.2) is 9.59 Å². The van der Waals surface area contributed by atoms with E-state index in [4.69, 9.17) is 23.7 Å². The minimum atomic E-state index is -2.71. The summed E-state index contributed by atoms with van der Waals surface area (Å²) in [6.07, 6.45) is 2.15. The predicted octanol–water partition coefficient (Wildman–Crippen LogP) is 5.85. The van der Waals surface area contributed by atoms with Gasteiger partial charge in [0.2, 0.25) is 5.91 Å². The van der Waals surface area contributed by atoms with Crippen LogP contribution in [0, 0.1) is 18.8 Å². The van der Waals surface area contributed by atoms with E-state index in [9.17, 15) is 44.1 Å². The van der Waals surface area contributed by atoms with E-state index in [1.807, 2.05) is 0 Å². The molecule has 2 aliphatic carbocycles. The quantitative estimate of drug-likeness (QED) is 0.0285. The second-order valence-corrected chi connectivity index (χ2v) is 19.5. The lowest BCUT2D eigenvalue weighted by Gasteiger charge is -2.41. The van der Waals surface area contributed by atoms with Gasteiger partial charge in [0.25, 0.3) is 0 Å². The van der Waals surface area contributed by atoms with Crippen molar-refractivity contribution in [3.63, 3.8) is 0 Å². The van der Waals surface area contributed by atoms with Gasteiger partial charge in [0.15, 0.2) is 29.5 Å². The Morgan fingerprint density at radius 3 is 2.24 bits per heavy atom. The first-order valence-electron chi connectivity index (χ1n) is 24.0. The third-order valence-corrected chi connectivity index (χ3v) is 13.6. The van der Waals surface area contributed by atoms with Gasteiger partial charge < -0.3 is 49.6 Å². The highest BCUT2D eigenvalue weighted by Gasteiger charge is 2.76. The van der Waals surface area contributed by atoms with Crippen LogP contribution in [0.1, 0.15) is 150 Å². The Kier molecular flexibility index (Phi) is 19.2. The molecule has 5 N–H and O–H groups in total. The zero-order valence-corrected chi connectivity index (χ0v) is 41.5. The average Bonchev–Trinajstić information content (AvgIpc) is 3.58. The van der Waals surface area contributed by atoms with Crippen molar-refractivity contribution in [3.05, 3.63) is 51.6 Å². The van der Waals surface area contributed by atoms with Crippen LogP contribution >= 0.6 is 0 Å². The minimum Gasteiger partial charge on any atom is -0.507 e. The third kappa shape index (κ3) is 12.7. The number of allylic oxidation sites excluding steroid dienone is 1. The Morgan fingerprint density at radius 2 is 1.61 bits per heavy atom. The minimum absolute atomic E-state index is 0.0335. The molecule has 1 saturated carbocycles. The summed E-state index contributed by atoms with van der Waals surface area (Å²) in [6.45, 7) is 16.9. The standard InChI is InChI=1S/C51H76N2O14/c1-12-14-15-16-19-22-38(55)64-44-41-40(32(7)43(44)65-47(59)30(5)13-2)45-51(62,50(10,61)48(60)66-45)37(28-49(41,9)67-33(8)54)63-39(56)27-34-25-31(6)42(57)35(26-34)21-18-17-20-23-53-46(58)36(52-11)24-29(3)4/h13,25-26,29,36-37,41,43-45,52,57,61-62H,12,14-24,27-28H2,1-11H3,(H,53,58)/b30-13-/t36-,37+,41+,43+,44+,45+,49+,50-,51-/m1/s1. The van der Waals surface area contributed by atoms with Crippen LogP contribution in [0.3, 0.4) is 0 Å². The highest BCUT2D eigenvalue weighted by Crippen LogP contribution is 2.57. The molecule has 1 amide bonds. The molecule has 0 radical (unpaired) electrons. The van der Waals surface area contributed by atoms with Crippen molar-refractivity contribution in [2.45, 2.75) is 200 Å². The molecule has 1 aromatic carbocycles. The molecule has 0 spiro atoms. The number of likely N-dealkylation sites (N-methyl/N-ethyl adjacent to an activating group) is 1. The van der Waals surface area contributed by atoms with Gasteiger partial charge >= 0.3 is 29.8 Å². The third-order valence-electron chi connectivity index (χ3n) is 13.6. The molecule has 1 aliphatic heterocycles. The van der Waals surface area contributed by atoms with E-state index in [-0.39, 0.29) is 47.3 Å². The van der Waals surface area contributed by atoms with Crippen LogP contribution in [0.4, 0.5) is 0 Å². The number of nitrogens with one attached hydrogen (secondary N) is 2.